The Kier molecular flexibility index (Phi) is 7.59. The van der Waals surface area contributed by atoms with Crippen LogP contribution in [0.5, 0.6) is 0 Å². The molecule has 0 aliphatic heterocycles. The van der Waals surface area contributed by atoms with Crippen LogP contribution >= 0.6 is 0 Å². The molecule has 0 unspecified atom stereocenters. The van der Waals surface area contributed by atoms with Crippen LogP contribution in [0.1, 0.15) is 35.3 Å². The van der Waals surface area contributed by atoms with Gasteiger partial charge >= 0.3 is 0 Å². The molecule has 5 aromatic rings. The van der Waals surface area contributed by atoms with E-state index in [-0.39, 0.29) is 24.7 Å². The minimum absolute atomic E-state index is 0.164. The molecule has 5 nitrogen and oxygen atoms in total. The molecule has 1 amide bonds. The Morgan fingerprint density at radius 2 is 1.56 bits per heavy atom. The van der Waals surface area contributed by atoms with Crippen molar-refractivity contribution in [3.63, 3.8) is 0 Å². The second kappa shape index (κ2) is 11.4. The number of amides is 1. The number of nitrogens with one attached hydrogen (secondary N) is 1. The Balaban J connectivity index is 1.48. The van der Waals surface area contributed by atoms with Gasteiger partial charge in [0.15, 0.2) is 0 Å². The Bertz CT molecular complexity index is 1620. The molecule has 196 valence electrons. The van der Waals surface area contributed by atoms with Crippen molar-refractivity contribution in [2.45, 2.75) is 33.0 Å². The van der Waals surface area contributed by atoms with E-state index in [4.69, 9.17) is 0 Å². The van der Waals surface area contributed by atoms with Crippen LogP contribution in [0.4, 0.5) is 14.6 Å². The van der Waals surface area contributed by atoms with Gasteiger partial charge in [0.05, 0.1) is 11.1 Å². The summed E-state index contributed by atoms with van der Waals surface area (Å²) in [5, 5.41) is 4.29. The van der Waals surface area contributed by atoms with E-state index in [1.54, 1.807) is 11.2 Å². The van der Waals surface area contributed by atoms with Crippen molar-refractivity contribution in [2.24, 2.45) is 0 Å². The zero-order valence-corrected chi connectivity index (χ0v) is 21.7. The molecule has 7 heteroatoms. The highest BCUT2D eigenvalue weighted by Crippen LogP contribution is 2.28. The summed E-state index contributed by atoms with van der Waals surface area (Å²) in [6, 6.07) is 26.7. The summed E-state index contributed by atoms with van der Waals surface area (Å²) in [5.74, 6) is -1.34. The first kappa shape index (κ1) is 26.0. The molecule has 0 atom stereocenters. The smallest absolute Gasteiger partial charge is 0.257 e. The number of benzene rings is 4. The molecule has 5 rings (SSSR count). The Labute approximate surface area is 226 Å². The van der Waals surface area contributed by atoms with Crippen LogP contribution in [-0.2, 0) is 13.1 Å². The number of aromatic nitrogens is 2. The van der Waals surface area contributed by atoms with Crippen molar-refractivity contribution in [3.05, 3.63) is 126 Å². The van der Waals surface area contributed by atoms with Gasteiger partial charge in [-0.2, -0.15) is 0 Å². The number of carbonyl (C=O) groups excluding carboxylic acids is 1. The van der Waals surface area contributed by atoms with E-state index in [2.05, 4.69) is 35.2 Å². The fourth-order valence-corrected chi connectivity index (χ4v) is 4.53. The van der Waals surface area contributed by atoms with Crippen molar-refractivity contribution in [1.29, 1.82) is 0 Å². The maximum atomic E-state index is 14.6. The number of carbonyl (C=O) groups is 1. The first-order valence-electron chi connectivity index (χ1n) is 12.8. The molecule has 0 fully saturated rings. The number of hydrogen-bond donors (Lipinski definition) is 1. The third-order valence-corrected chi connectivity index (χ3v) is 6.36. The van der Waals surface area contributed by atoms with Gasteiger partial charge in [-0.1, -0.05) is 54.6 Å². The number of halogens is 2. The topological polar surface area (TPSA) is 58.1 Å². The van der Waals surface area contributed by atoms with E-state index in [1.165, 1.54) is 6.07 Å². The van der Waals surface area contributed by atoms with Crippen molar-refractivity contribution in [1.82, 2.24) is 14.9 Å². The zero-order valence-electron chi connectivity index (χ0n) is 21.7. The second-order valence-electron chi connectivity index (χ2n) is 9.72. The highest BCUT2D eigenvalue weighted by atomic mass is 19.1. The average Bonchev–Trinajstić information content (AvgIpc) is 2.93. The van der Waals surface area contributed by atoms with Crippen LogP contribution in [0.2, 0.25) is 0 Å². The SMILES string of the molecule is CC(C)Nc1ncnc2ccc(-c3cccc(CN(Cc4ccccc4)C(=O)c4ccc(F)cc4F)c3)cc12. The average molecular weight is 523 g/mol. The van der Waals surface area contributed by atoms with E-state index in [0.29, 0.717) is 0 Å². The molecule has 39 heavy (non-hydrogen) atoms. The summed E-state index contributed by atoms with van der Waals surface area (Å²) in [7, 11) is 0. The number of anilines is 1. The van der Waals surface area contributed by atoms with Crippen LogP contribution in [0.3, 0.4) is 0 Å². The first-order chi connectivity index (χ1) is 18.9. The Morgan fingerprint density at radius 3 is 2.33 bits per heavy atom. The number of rotatable bonds is 8. The minimum Gasteiger partial charge on any atom is -0.367 e. The molecular formula is C32H28F2N4O. The van der Waals surface area contributed by atoms with Crippen molar-refractivity contribution in [3.8, 4) is 11.1 Å². The summed E-state index contributed by atoms with van der Waals surface area (Å²) in [5.41, 5.74) is 4.41. The molecule has 0 aliphatic rings. The monoisotopic (exact) mass is 522 g/mol. The standard InChI is InChI=1S/C32H28F2N4O/c1-21(2)37-31-28-16-25(11-14-30(28)35-20-36-31)24-10-6-9-23(15-24)19-38(18-22-7-4-3-5-8-22)32(39)27-13-12-26(33)17-29(27)34/h3-17,20-21H,18-19H2,1-2H3,(H,35,36,37). The fraction of sp³-hybridized carbons (Fsp3) is 0.156. The lowest BCUT2D eigenvalue weighted by molar-refractivity contribution is 0.0725. The largest absolute Gasteiger partial charge is 0.367 e. The molecule has 1 N–H and O–H groups in total. The van der Waals surface area contributed by atoms with Crippen LogP contribution in [-0.4, -0.2) is 26.8 Å². The van der Waals surface area contributed by atoms with E-state index in [9.17, 15) is 13.6 Å². The van der Waals surface area contributed by atoms with Crippen molar-refractivity contribution >= 4 is 22.6 Å². The molecule has 0 spiro atoms. The highest BCUT2D eigenvalue weighted by molar-refractivity contribution is 5.94. The number of nitrogens with zero attached hydrogens (tertiary/aromatic N) is 3. The summed E-state index contributed by atoms with van der Waals surface area (Å²) in [6.45, 7) is 4.64. The van der Waals surface area contributed by atoms with Gasteiger partial charge in [0.25, 0.3) is 5.91 Å². The van der Waals surface area contributed by atoms with Gasteiger partial charge in [-0.05, 0) is 66.4 Å². The summed E-state index contributed by atoms with van der Waals surface area (Å²) in [6.07, 6.45) is 1.55. The second-order valence-corrected chi connectivity index (χ2v) is 9.72. The van der Waals surface area contributed by atoms with Crippen LogP contribution in [0.15, 0.2) is 97.3 Å². The van der Waals surface area contributed by atoms with E-state index in [1.807, 2.05) is 66.7 Å². The molecule has 0 saturated carbocycles. The van der Waals surface area contributed by atoms with E-state index in [0.717, 1.165) is 51.1 Å². The first-order valence-corrected chi connectivity index (χ1v) is 12.8. The maximum Gasteiger partial charge on any atom is 0.257 e. The van der Waals surface area contributed by atoms with Crippen LogP contribution in [0, 0.1) is 11.6 Å². The lowest BCUT2D eigenvalue weighted by Gasteiger charge is -2.24. The summed E-state index contributed by atoms with van der Waals surface area (Å²) < 4.78 is 28.1. The van der Waals surface area contributed by atoms with Gasteiger partial charge in [-0.15, -0.1) is 0 Å². The van der Waals surface area contributed by atoms with Crippen molar-refractivity contribution in [2.75, 3.05) is 5.32 Å². The van der Waals surface area contributed by atoms with Crippen molar-refractivity contribution < 1.29 is 13.6 Å². The maximum absolute atomic E-state index is 14.6. The Morgan fingerprint density at radius 1 is 0.821 bits per heavy atom. The fourth-order valence-electron chi connectivity index (χ4n) is 4.53. The van der Waals surface area contributed by atoms with Gasteiger partial charge in [-0.25, -0.2) is 18.7 Å². The van der Waals surface area contributed by atoms with Crippen LogP contribution < -0.4 is 5.32 Å². The molecule has 4 aromatic carbocycles. The van der Waals surface area contributed by atoms with Gasteiger partial charge in [0.2, 0.25) is 0 Å². The molecular weight excluding hydrogens is 494 g/mol. The molecule has 1 heterocycles. The highest BCUT2D eigenvalue weighted by Gasteiger charge is 2.21. The van der Waals surface area contributed by atoms with E-state index < -0.39 is 17.5 Å². The molecule has 0 bridgehead atoms. The quantitative estimate of drug-likeness (QED) is 0.233. The summed E-state index contributed by atoms with van der Waals surface area (Å²) >= 11 is 0. The predicted octanol–water partition coefficient (Wildman–Crippen LogP) is 7.24. The number of fused-ring (bicyclic) bond motifs is 1. The lowest BCUT2D eigenvalue weighted by atomic mass is 10.0. The molecule has 1 aromatic heterocycles. The van der Waals surface area contributed by atoms with Gasteiger partial charge in [0, 0.05) is 30.6 Å². The van der Waals surface area contributed by atoms with Gasteiger partial charge in [0.1, 0.15) is 23.8 Å². The normalized spacial score (nSPS) is 11.1. The molecule has 0 radical (unpaired) electrons. The summed E-state index contributed by atoms with van der Waals surface area (Å²) in [4.78, 5) is 23.8. The zero-order chi connectivity index (χ0) is 27.4. The third-order valence-electron chi connectivity index (χ3n) is 6.36. The minimum atomic E-state index is -0.879. The number of hydrogen-bond acceptors (Lipinski definition) is 4. The molecule has 0 saturated heterocycles. The lowest BCUT2D eigenvalue weighted by Crippen LogP contribution is -2.30. The Hall–Kier alpha value is -4.65. The van der Waals surface area contributed by atoms with E-state index >= 15 is 0 Å². The van der Waals surface area contributed by atoms with Gasteiger partial charge < -0.3 is 10.2 Å². The van der Waals surface area contributed by atoms with Gasteiger partial charge in [-0.3, -0.25) is 4.79 Å². The molecule has 0 aliphatic carbocycles. The predicted molar refractivity (Wildman–Crippen MR) is 150 cm³/mol. The third kappa shape index (κ3) is 6.09. The van der Waals surface area contributed by atoms with Crippen LogP contribution in [0.25, 0.3) is 22.0 Å².